The molecule has 1 N–H and O–H groups in total. The summed E-state index contributed by atoms with van der Waals surface area (Å²) >= 11 is 1.76. The Morgan fingerprint density at radius 2 is 2.12 bits per heavy atom. The SMILES string of the molecule is CCNC(=NCCSC)N1CCN(S(=O)(=O)Cc2ccon2)CC1.I. The summed E-state index contributed by atoms with van der Waals surface area (Å²) in [6, 6.07) is 1.58. The lowest BCUT2D eigenvalue weighted by Crippen LogP contribution is -2.54. The van der Waals surface area contributed by atoms with Gasteiger partial charge in [0.25, 0.3) is 0 Å². The number of hydrogen-bond donors (Lipinski definition) is 1. The van der Waals surface area contributed by atoms with E-state index in [0.717, 1.165) is 24.8 Å². The fraction of sp³-hybridized carbons (Fsp3) is 0.714. The minimum atomic E-state index is -3.37. The third-order valence-electron chi connectivity index (χ3n) is 3.64. The first-order chi connectivity index (χ1) is 11.6. The van der Waals surface area contributed by atoms with Gasteiger partial charge in [0.05, 0.1) is 12.2 Å². The van der Waals surface area contributed by atoms with Gasteiger partial charge >= 0.3 is 0 Å². The molecule has 0 atom stereocenters. The number of aromatic nitrogens is 1. The third kappa shape index (κ3) is 6.94. The predicted octanol–water partition coefficient (Wildman–Crippen LogP) is 1.07. The Morgan fingerprint density at radius 1 is 1.40 bits per heavy atom. The van der Waals surface area contributed by atoms with Crippen molar-refractivity contribution >= 4 is 51.7 Å². The molecular formula is C14H26IN5O3S2. The molecule has 1 aliphatic rings. The molecule has 0 saturated carbocycles. The molecule has 1 aliphatic heterocycles. The Hall–Kier alpha value is -0.530. The van der Waals surface area contributed by atoms with Crippen LogP contribution >= 0.6 is 35.7 Å². The third-order valence-corrected chi connectivity index (χ3v) is 6.05. The van der Waals surface area contributed by atoms with Crippen molar-refractivity contribution in [2.24, 2.45) is 4.99 Å². The van der Waals surface area contributed by atoms with E-state index in [1.165, 1.54) is 10.6 Å². The monoisotopic (exact) mass is 503 g/mol. The molecule has 0 aliphatic carbocycles. The zero-order chi connectivity index (χ0) is 17.4. The van der Waals surface area contributed by atoms with Crippen LogP contribution in [-0.4, -0.2) is 80.0 Å². The highest BCUT2D eigenvalue weighted by atomic mass is 127. The molecular weight excluding hydrogens is 477 g/mol. The van der Waals surface area contributed by atoms with E-state index in [1.807, 2.05) is 6.92 Å². The van der Waals surface area contributed by atoms with E-state index in [9.17, 15) is 8.42 Å². The van der Waals surface area contributed by atoms with Gasteiger partial charge in [-0.15, -0.1) is 24.0 Å². The van der Waals surface area contributed by atoms with Gasteiger partial charge in [-0.05, 0) is 13.2 Å². The van der Waals surface area contributed by atoms with Gasteiger partial charge < -0.3 is 14.7 Å². The Balaban J connectivity index is 0.00000312. The van der Waals surface area contributed by atoms with Crippen molar-refractivity contribution in [1.29, 1.82) is 0 Å². The first kappa shape index (κ1) is 22.5. The van der Waals surface area contributed by atoms with Crippen molar-refractivity contribution < 1.29 is 12.9 Å². The number of nitrogens with zero attached hydrogens (tertiary/aromatic N) is 4. The topological polar surface area (TPSA) is 91.0 Å². The number of thioether (sulfide) groups is 1. The largest absolute Gasteiger partial charge is 0.364 e. The number of nitrogens with one attached hydrogen (secondary N) is 1. The molecule has 1 aromatic heterocycles. The van der Waals surface area contributed by atoms with Gasteiger partial charge in [0.15, 0.2) is 5.96 Å². The maximum atomic E-state index is 12.4. The van der Waals surface area contributed by atoms with E-state index in [0.29, 0.717) is 31.9 Å². The Kier molecular flexibility index (Phi) is 10.1. The smallest absolute Gasteiger partial charge is 0.220 e. The summed E-state index contributed by atoms with van der Waals surface area (Å²) in [5.41, 5.74) is 0.435. The van der Waals surface area contributed by atoms with Crippen LogP contribution in [0.2, 0.25) is 0 Å². The van der Waals surface area contributed by atoms with Crippen LogP contribution in [0.25, 0.3) is 0 Å². The summed E-state index contributed by atoms with van der Waals surface area (Å²) in [5, 5.41) is 6.96. The van der Waals surface area contributed by atoms with Crippen LogP contribution in [0.5, 0.6) is 0 Å². The lowest BCUT2D eigenvalue weighted by atomic mass is 10.4. The molecule has 0 aromatic carbocycles. The molecule has 144 valence electrons. The van der Waals surface area contributed by atoms with Crippen LogP contribution in [0.1, 0.15) is 12.6 Å². The quantitative estimate of drug-likeness (QED) is 0.258. The molecule has 1 aromatic rings. The zero-order valence-corrected chi connectivity index (χ0v) is 18.5. The first-order valence-electron chi connectivity index (χ1n) is 7.96. The molecule has 0 amide bonds. The molecule has 2 rings (SSSR count). The Morgan fingerprint density at radius 3 is 2.68 bits per heavy atom. The maximum absolute atomic E-state index is 12.4. The van der Waals surface area contributed by atoms with Crippen molar-refractivity contribution in [2.75, 3.05) is 51.3 Å². The molecule has 11 heteroatoms. The van der Waals surface area contributed by atoms with Crippen molar-refractivity contribution in [1.82, 2.24) is 19.7 Å². The molecule has 1 fully saturated rings. The van der Waals surface area contributed by atoms with Crippen LogP contribution in [0, 0.1) is 0 Å². The van der Waals surface area contributed by atoms with Crippen LogP contribution in [0.3, 0.4) is 0 Å². The molecule has 1 saturated heterocycles. The average molecular weight is 503 g/mol. The van der Waals surface area contributed by atoms with Gasteiger partial charge in [-0.25, -0.2) is 8.42 Å². The molecule has 0 unspecified atom stereocenters. The number of aliphatic imine (C=N–C) groups is 1. The fourth-order valence-electron chi connectivity index (χ4n) is 2.44. The highest BCUT2D eigenvalue weighted by Crippen LogP contribution is 2.13. The van der Waals surface area contributed by atoms with Crippen LogP contribution in [-0.2, 0) is 15.8 Å². The minimum absolute atomic E-state index is 0. The van der Waals surface area contributed by atoms with E-state index >= 15 is 0 Å². The maximum Gasteiger partial charge on any atom is 0.220 e. The van der Waals surface area contributed by atoms with Crippen molar-refractivity contribution in [2.45, 2.75) is 12.7 Å². The zero-order valence-electron chi connectivity index (χ0n) is 14.5. The van der Waals surface area contributed by atoms with Gasteiger partial charge in [0.1, 0.15) is 12.0 Å². The number of piperazine rings is 1. The van der Waals surface area contributed by atoms with Gasteiger partial charge in [0.2, 0.25) is 10.0 Å². The molecule has 0 radical (unpaired) electrons. The Labute approximate surface area is 170 Å². The second-order valence-electron chi connectivity index (χ2n) is 5.36. The van der Waals surface area contributed by atoms with E-state index in [-0.39, 0.29) is 29.7 Å². The van der Waals surface area contributed by atoms with Crippen molar-refractivity contribution in [3.63, 3.8) is 0 Å². The second-order valence-corrected chi connectivity index (χ2v) is 8.32. The van der Waals surface area contributed by atoms with Gasteiger partial charge in [-0.1, -0.05) is 5.16 Å². The molecule has 2 heterocycles. The molecule has 0 spiro atoms. The summed E-state index contributed by atoms with van der Waals surface area (Å²) in [5.74, 6) is 1.71. The number of rotatable bonds is 7. The fourth-order valence-corrected chi connectivity index (χ4v) is 4.14. The van der Waals surface area contributed by atoms with Gasteiger partial charge in [-0.2, -0.15) is 16.1 Å². The summed E-state index contributed by atoms with van der Waals surface area (Å²) in [7, 11) is -3.37. The van der Waals surface area contributed by atoms with E-state index in [4.69, 9.17) is 4.52 Å². The van der Waals surface area contributed by atoms with E-state index in [2.05, 4.69) is 26.6 Å². The normalized spacial score (nSPS) is 16.6. The van der Waals surface area contributed by atoms with Gasteiger partial charge in [-0.3, -0.25) is 4.99 Å². The van der Waals surface area contributed by atoms with Gasteiger partial charge in [0, 0.05) is 44.5 Å². The first-order valence-corrected chi connectivity index (χ1v) is 11.0. The van der Waals surface area contributed by atoms with E-state index < -0.39 is 10.0 Å². The lowest BCUT2D eigenvalue weighted by molar-refractivity contribution is 0.260. The van der Waals surface area contributed by atoms with Crippen LogP contribution in [0.15, 0.2) is 21.8 Å². The summed E-state index contributed by atoms with van der Waals surface area (Å²) in [6.07, 6.45) is 3.44. The summed E-state index contributed by atoms with van der Waals surface area (Å²) in [6.45, 7) is 5.74. The number of sulfonamides is 1. The predicted molar refractivity (Wildman–Crippen MR) is 112 cm³/mol. The van der Waals surface area contributed by atoms with Crippen molar-refractivity contribution in [3.05, 3.63) is 18.0 Å². The molecule has 25 heavy (non-hydrogen) atoms. The summed E-state index contributed by atoms with van der Waals surface area (Å²) in [4.78, 5) is 6.71. The molecule has 8 nitrogen and oxygen atoms in total. The molecule has 0 bridgehead atoms. The number of halogens is 1. The highest BCUT2D eigenvalue weighted by molar-refractivity contribution is 14.0. The second kappa shape index (κ2) is 11.2. The Bertz CT molecular complexity index is 616. The van der Waals surface area contributed by atoms with Crippen LogP contribution in [0.4, 0.5) is 0 Å². The lowest BCUT2D eigenvalue weighted by Gasteiger charge is -2.35. The highest BCUT2D eigenvalue weighted by Gasteiger charge is 2.28. The number of guanidine groups is 1. The van der Waals surface area contributed by atoms with Crippen molar-refractivity contribution in [3.8, 4) is 0 Å². The van der Waals surface area contributed by atoms with Crippen LogP contribution < -0.4 is 5.32 Å². The summed E-state index contributed by atoms with van der Waals surface area (Å²) < 4.78 is 31.1. The minimum Gasteiger partial charge on any atom is -0.364 e. The standard InChI is InChI=1S/C14H25N5O3S2.HI/c1-3-15-14(16-5-11-23-2)18-6-8-19(9-7-18)24(20,21)12-13-4-10-22-17-13;/h4,10H,3,5-9,11-12H2,1-2H3,(H,15,16);1H. The number of hydrogen-bond acceptors (Lipinski definition) is 6. The van der Waals surface area contributed by atoms with E-state index in [1.54, 1.807) is 17.8 Å². The average Bonchev–Trinajstić information content (AvgIpc) is 3.06.